The van der Waals surface area contributed by atoms with Crippen LogP contribution in [0.5, 0.6) is 17.2 Å². The number of ether oxygens (including phenoxy) is 2. The summed E-state index contributed by atoms with van der Waals surface area (Å²) >= 11 is 0. The van der Waals surface area contributed by atoms with Gasteiger partial charge in [0.05, 0.1) is 13.5 Å². The van der Waals surface area contributed by atoms with Crippen LogP contribution < -0.4 is 14.8 Å². The van der Waals surface area contributed by atoms with Gasteiger partial charge in [-0.1, -0.05) is 18.2 Å². The van der Waals surface area contributed by atoms with Crippen molar-refractivity contribution in [3.05, 3.63) is 84.1 Å². The number of carbonyl (C=O) groups is 1. The van der Waals surface area contributed by atoms with Crippen molar-refractivity contribution in [1.82, 2.24) is 4.98 Å². The molecule has 1 heterocycles. The molecule has 4 rings (SSSR count). The highest BCUT2D eigenvalue weighted by Gasteiger charge is 2.13. The number of aromatic amines is 1. The third-order valence-electron chi connectivity index (χ3n) is 4.78. The van der Waals surface area contributed by atoms with Gasteiger partial charge in [0.2, 0.25) is 5.91 Å². The molecule has 29 heavy (non-hydrogen) atoms. The van der Waals surface area contributed by atoms with Crippen molar-refractivity contribution in [2.24, 2.45) is 0 Å². The van der Waals surface area contributed by atoms with Gasteiger partial charge in [-0.2, -0.15) is 0 Å². The predicted molar refractivity (Wildman–Crippen MR) is 115 cm³/mol. The monoisotopic (exact) mass is 386 g/mol. The summed E-state index contributed by atoms with van der Waals surface area (Å²) in [6.45, 7) is 1.98. The molecule has 1 aromatic heterocycles. The first-order valence-corrected chi connectivity index (χ1v) is 9.40. The summed E-state index contributed by atoms with van der Waals surface area (Å²) in [5, 5.41) is 3.96. The minimum atomic E-state index is -0.0754. The van der Waals surface area contributed by atoms with Gasteiger partial charge in [0.15, 0.2) is 0 Å². The van der Waals surface area contributed by atoms with Gasteiger partial charge in [-0.25, -0.2) is 0 Å². The quantitative estimate of drug-likeness (QED) is 0.463. The maximum atomic E-state index is 12.6. The molecule has 4 aromatic rings. The standard InChI is InChI=1S/C24H22N2O3/c1-16-21(22-14-20(28-2)12-13-23(22)25-16)15-24(27)26-17-8-10-19(11-9-17)29-18-6-4-3-5-7-18/h3-14,25H,15H2,1-2H3,(H,26,27). The van der Waals surface area contributed by atoms with Gasteiger partial charge in [0.1, 0.15) is 17.2 Å². The van der Waals surface area contributed by atoms with Crippen LogP contribution in [0.15, 0.2) is 72.8 Å². The number of hydrogen-bond donors (Lipinski definition) is 2. The van der Waals surface area contributed by atoms with E-state index >= 15 is 0 Å². The van der Waals surface area contributed by atoms with Crippen LogP contribution in [0.2, 0.25) is 0 Å². The summed E-state index contributed by atoms with van der Waals surface area (Å²) in [4.78, 5) is 15.9. The van der Waals surface area contributed by atoms with E-state index in [1.807, 2.05) is 79.7 Å². The van der Waals surface area contributed by atoms with E-state index in [2.05, 4.69) is 10.3 Å². The largest absolute Gasteiger partial charge is 0.497 e. The number of para-hydroxylation sites is 1. The average Bonchev–Trinajstić information content (AvgIpc) is 3.04. The maximum absolute atomic E-state index is 12.6. The van der Waals surface area contributed by atoms with Gasteiger partial charge >= 0.3 is 0 Å². The molecule has 0 saturated heterocycles. The summed E-state index contributed by atoms with van der Waals surface area (Å²) in [7, 11) is 1.64. The number of carbonyl (C=O) groups excluding carboxylic acids is 1. The lowest BCUT2D eigenvalue weighted by Gasteiger charge is -2.08. The Morgan fingerprint density at radius 3 is 2.34 bits per heavy atom. The summed E-state index contributed by atoms with van der Waals surface area (Å²) in [5.41, 5.74) is 3.68. The van der Waals surface area contributed by atoms with E-state index in [-0.39, 0.29) is 12.3 Å². The van der Waals surface area contributed by atoms with E-state index in [4.69, 9.17) is 9.47 Å². The molecule has 146 valence electrons. The molecule has 0 saturated carbocycles. The lowest BCUT2D eigenvalue weighted by Crippen LogP contribution is -2.14. The molecule has 1 amide bonds. The van der Waals surface area contributed by atoms with Crippen molar-refractivity contribution >= 4 is 22.5 Å². The first-order valence-electron chi connectivity index (χ1n) is 9.40. The smallest absolute Gasteiger partial charge is 0.228 e. The third-order valence-corrected chi connectivity index (χ3v) is 4.78. The van der Waals surface area contributed by atoms with Gasteiger partial charge in [-0.3, -0.25) is 4.79 Å². The van der Waals surface area contributed by atoms with E-state index in [0.717, 1.165) is 39.3 Å². The Bertz CT molecular complexity index is 1130. The number of fused-ring (bicyclic) bond motifs is 1. The number of aromatic nitrogens is 1. The fourth-order valence-corrected chi connectivity index (χ4v) is 3.31. The number of aryl methyl sites for hydroxylation is 1. The molecule has 0 bridgehead atoms. The average molecular weight is 386 g/mol. The highest BCUT2D eigenvalue weighted by atomic mass is 16.5. The molecule has 0 aliphatic carbocycles. The van der Waals surface area contributed by atoms with Gasteiger partial charge in [-0.05, 0) is 67.1 Å². The van der Waals surface area contributed by atoms with Crippen LogP contribution in [0.25, 0.3) is 10.9 Å². The number of nitrogens with one attached hydrogen (secondary N) is 2. The number of hydrogen-bond acceptors (Lipinski definition) is 3. The Hall–Kier alpha value is -3.73. The van der Waals surface area contributed by atoms with Crippen LogP contribution in [0, 0.1) is 6.92 Å². The molecular weight excluding hydrogens is 364 g/mol. The van der Waals surface area contributed by atoms with Gasteiger partial charge in [0.25, 0.3) is 0 Å². The summed E-state index contributed by atoms with van der Waals surface area (Å²) < 4.78 is 11.1. The lowest BCUT2D eigenvalue weighted by atomic mass is 10.1. The van der Waals surface area contributed by atoms with Crippen molar-refractivity contribution in [3.8, 4) is 17.2 Å². The first-order chi connectivity index (χ1) is 14.1. The molecule has 2 N–H and O–H groups in total. The Labute approximate surface area is 169 Å². The highest BCUT2D eigenvalue weighted by molar-refractivity contribution is 5.96. The lowest BCUT2D eigenvalue weighted by molar-refractivity contribution is -0.115. The van der Waals surface area contributed by atoms with E-state index in [9.17, 15) is 4.79 Å². The molecule has 0 fully saturated rings. The second kappa shape index (κ2) is 8.10. The van der Waals surface area contributed by atoms with E-state index in [1.54, 1.807) is 7.11 Å². The second-order valence-corrected chi connectivity index (χ2v) is 6.80. The van der Waals surface area contributed by atoms with Gasteiger partial charge in [0, 0.05) is 22.3 Å². The molecule has 0 atom stereocenters. The number of anilines is 1. The fourth-order valence-electron chi connectivity index (χ4n) is 3.31. The Kier molecular flexibility index (Phi) is 5.20. The Morgan fingerprint density at radius 1 is 0.931 bits per heavy atom. The third kappa shape index (κ3) is 4.24. The van der Waals surface area contributed by atoms with Crippen molar-refractivity contribution in [3.63, 3.8) is 0 Å². The van der Waals surface area contributed by atoms with Crippen LogP contribution in [0.1, 0.15) is 11.3 Å². The van der Waals surface area contributed by atoms with Crippen LogP contribution in [0.3, 0.4) is 0 Å². The SMILES string of the molecule is COc1ccc2[nH]c(C)c(CC(=O)Nc3ccc(Oc4ccccc4)cc3)c2c1. The zero-order valence-electron chi connectivity index (χ0n) is 16.4. The first kappa shape index (κ1) is 18.6. The normalized spacial score (nSPS) is 10.7. The zero-order valence-corrected chi connectivity index (χ0v) is 16.4. The minimum Gasteiger partial charge on any atom is -0.497 e. The van der Waals surface area contributed by atoms with Crippen LogP contribution in [-0.4, -0.2) is 18.0 Å². The molecule has 0 unspecified atom stereocenters. The maximum Gasteiger partial charge on any atom is 0.228 e. The second-order valence-electron chi connectivity index (χ2n) is 6.80. The molecule has 0 spiro atoms. The zero-order chi connectivity index (χ0) is 20.2. The summed E-state index contributed by atoms with van der Waals surface area (Å²) in [6.07, 6.45) is 0.279. The summed E-state index contributed by atoms with van der Waals surface area (Å²) in [5.74, 6) is 2.18. The fraction of sp³-hybridized carbons (Fsp3) is 0.125. The van der Waals surface area contributed by atoms with E-state index < -0.39 is 0 Å². The van der Waals surface area contributed by atoms with Crippen molar-refractivity contribution < 1.29 is 14.3 Å². The molecule has 0 aliphatic heterocycles. The minimum absolute atomic E-state index is 0.0754. The number of rotatable bonds is 6. The summed E-state index contributed by atoms with van der Waals surface area (Å²) in [6, 6.07) is 22.8. The van der Waals surface area contributed by atoms with Gasteiger partial charge in [-0.15, -0.1) is 0 Å². The number of amides is 1. The Morgan fingerprint density at radius 2 is 1.62 bits per heavy atom. The number of benzene rings is 3. The van der Waals surface area contributed by atoms with Gasteiger partial charge < -0.3 is 19.8 Å². The molecule has 0 aliphatic rings. The van der Waals surface area contributed by atoms with Crippen LogP contribution >= 0.6 is 0 Å². The topological polar surface area (TPSA) is 63.4 Å². The van der Waals surface area contributed by atoms with Crippen LogP contribution in [-0.2, 0) is 11.2 Å². The molecule has 3 aromatic carbocycles. The van der Waals surface area contributed by atoms with E-state index in [0.29, 0.717) is 5.75 Å². The molecule has 5 heteroatoms. The number of methoxy groups -OCH3 is 1. The van der Waals surface area contributed by atoms with Crippen molar-refractivity contribution in [1.29, 1.82) is 0 Å². The predicted octanol–water partition coefficient (Wildman–Crippen LogP) is 5.46. The molecular formula is C24H22N2O3. The van der Waals surface area contributed by atoms with E-state index in [1.165, 1.54) is 0 Å². The number of H-pyrrole nitrogens is 1. The molecule has 0 radical (unpaired) electrons. The Balaban J connectivity index is 1.45. The van der Waals surface area contributed by atoms with Crippen molar-refractivity contribution in [2.45, 2.75) is 13.3 Å². The highest BCUT2D eigenvalue weighted by Crippen LogP contribution is 2.27. The van der Waals surface area contributed by atoms with Crippen LogP contribution in [0.4, 0.5) is 5.69 Å². The van der Waals surface area contributed by atoms with Crippen molar-refractivity contribution in [2.75, 3.05) is 12.4 Å². The molecule has 5 nitrogen and oxygen atoms in total.